The van der Waals surface area contributed by atoms with E-state index in [2.05, 4.69) is 10.6 Å². The number of hydrogen-bond acceptors (Lipinski definition) is 3. The second-order valence-corrected chi connectivity index (χ2v) is 4.62. The van der Waals surface area contributed by atoms with Crippen molar-refractivity contribution >= 4 is 18.3 Å². The van der Waals surface area contributed by atoms with Crippen molar-refractivity contribution in [1.29, 1.82) is 0 Å². The first-order chi connectivity index (χ1) is 7.09. The predicted molar refractivity (Wildman–Crippen MR) is 66.9 cm³/mol. The molecule has 0 radical (unpaired) electrons. The molecule has 1 aliphatic rings. The zero-order valence-electron chi connectivity index (χ0n) is 10.3. The summed E-state index contributed by atoms with van der Waals surface area (Å²) in [6.07, 6.45) is 2.22. The molecule has 16 heavy (non-hydrogen) atoms. The highest BCUT2D eigenvalue weighted by atomic mass is 35.5. The van der Waals surface area contributed by atoms with Gasteiger partial charge in [-0.3, -0.25) is 4.79 Å². The van der Waals surface area contributed by atoms with Crippen LogP contribution in [0.1, 0.15) is 26.7 Å². The molecule has 1 saturated heterocycles. The van der Waals surface area contributed by atoms with Crippen LogP contribution in [0.4, 0.5) is 0 Å². The minimum absolute atomic E-state index is 0. The number of amides is 1. The fourth-order valence-corrected chi connectivity index (χ4v) is 1.93. The smallest absolute Gasteiger partial charge is 0.222 e. The van der Waals surface area contributed by atoms with Crippen molar-refractivity contribution in [3.05, 3.63) is 0 Å². The van der Waals surface area contributed by atoms with Crippen molar-refractivity contribution < 1.29 is 9.53 Å². The summed E-state index contributed by atoms with van der Waals surface area (Å²) in [4.78, 5) is 11.5. The Kier molecular flexibility index (Phi) is 6.95. The van der Waals surface area contributed by atoms with Gasteiger partial charge >= 0.3 is 0 Å². The van der Waals surface area contributed by atoms with E-state index in [9.17, 15) is 4.79 Å². The van der Waals surface area contributed by atoms with Gasteiger partial charge in [0.25, 0.3) is 0 Å². The summed E-state index contributed by atoms with van der Waals surface area (Å²) in [5.41, 5.74) is -0.0424. The van der Waals surface area contributed by atoms with Crippen molar-refractivity contribution in [2.75, 3.05) is 26.8 Å². The minimum Gasteiger partial charge on any atom is -0.383 e. The van der Waals surface area contributed by atoms with Crippen LogP contribution in [0.2, 0.25) is 0 Å². The van der Waals surface area contributed by atoms with Crippen molar-refractivity contribution in [3.8, 4) is 0 Å². The molecule has 1 fully saturated rings. The standard InChI is InChI=1S/C11H22N2O2.ClH/c1-9(2)10(14)12-7-11(8-15-3)5-4-6-13-11;/h9,13H,4-8H2,1-3H3,(H,12,14);1H. The summed E-state index contributed by atoms with van der Waals surface area (Å²) in [6.45, 7) is 6.14. The normalized spacial score (nSPS) is 24.2. The van der Waals surface area contributed by atoms with Crippen LogP contribution in [0.15, 0.2) is 0 Å². The number of halogens is 1. The van der Waals surface area contributed by atoms with Gasteiger partial charge in [0.15, 0.2) is 0 Å². The Bertz CT molecular complexity index is 216. The number of nitrogens with one attached hydrogen (secondary N) is 2. The number of ether oxygens (including phenoxy) is 1. The zero-order valence-corrected chi connectivity index (χ0v) is 11.2. The van der Waals surface area contributed by atoms with Gasteiger partial charge in [-0.2, -0.15) is 0 Å². The van der Waals surface area contributed by atoms with Gasteiger partial charge in [-0.25, -0.2) is 0 Å². The fourth-order valence-electron chi connectivity index (χ4n) is 1.93. The summed E-state index contributed by atoms with van der Waals surface area (Å²) >= 11 is 0. The molecule has 0 aromatic rings. The Morgan fingerprint density at radius 1 is 1.56 bits per heavy atom. The van der Waals surface area contributed by atoms with E-state index in [0.717, 1.165) is 19.4 Å². The van der Waals surface area contributed by atoms with Gasteiger partial charge in [0.1, 0.15) is 0 Å². The zero-order chi connectivity index (χ0) is 11.3. The van der Waals surface area contributed by atoms with Crippen molar-refractivity contribution in [1.82, 2.24) is 10.6 Å². The molecule has 0 aromatic heterocycles. The first-order valence-corrected chi connectivity index (χ1v) is 5.61. The largest absolute Gasteiger partial charge is 0.383 e. The maximum absolute atomic E-state index is 11.5. The van der Waals surface area contributed by atoms with Gasteiger partial charge in [0, 0.05) is 19.6 Å². The molecule has 1 rings (SSSR count). The Hall–Kier alpha value is -0.320. The van der Waals surface area contributed by atoms with Crippen LogP contribution >= 0.6 is 12.4 Å². The van der Waals surface area contributed by atoms with Crippen molar-refractivity contribution in [2.24, 2.45) is 5.92 Å². The van der Waals surface area contributed by atoms with E-state index in [4.69, 9.17) is 4.74 Å². The molecule has 0 aliphatic carbocycles. The Morgan fingerprint density at radius 3 is 2.69 bits per heavy atom. The van der Waals surface area contributed by atoms with E-state index < -0.39 is 0 Å². The lowest BCUT2D eigenvalue weighted by molar-refractivity contribution is -0.124. The van der Waals surface area contributed by atoms with Crippen LogP contribution in [0.25, 0.3) is 0 Å². The monoisotopic (exact) mass is 250 g/mol. The molecule has 1 unspecified atom stereocenters. The van der Waals surface area contributed by atoms with E-state index in [1.807, 2.05) is 13.8 Å². The van der Waals surface area contributed by atoms with Crippen molar-refractivity contribution in [3.63, 3.8) is 0 Å². The number of hydrogen-bond donors (Lipinski definition) is 2. The van der Waals surface area contributed by atoms with Crippen LogP contribution in [-0.4, -0.2) is 38.3 Å². The van der Waals surface area contributed by atoms with Crippen molar-refractivity contribution in [2.45, 2.75) is 32.2 Å². The highest BCUT2D eigenvalue weighted by Crippen LogP contribution is 2.18. The van der Waals surface area contributed by atoms with Gasteiger partial charge in [-0.15, -0.1) is 12.4 Å². The average molecular weight is 251 g/mol. The summed E-state index contributed by atoms with van der Waals surface area (Å²) < 4.78 is 5.21. The third kappa shape index (κ3) is 4.28. The Morgan fingerprint density at radius 2 is 2.25 bits per heavy atom. The third-order valence-corrected chi connectivity index (χ3v) is 2.88. The van der Waals surface area contributed by atoms with Gasteiger partial charge in [-0.1, -0.05) is 13.8 Å². The molecule has 1 aliphatic heterocycles. The Balaban J connectivity index is 0.00000225. The summed E-state index contributed by atoms with van der Waals surface area (Å²) in [5, 5.41) is 6.39. The maximum atomic E-state index is 11.5. The molecule has 96 valence electrons. The molecule has 0 aromatic carbocycles. The Labute approximate surface area is 104 Å². The van der Waals surface area contributed by atoms with E-state index in [1.165, 1.54) is 0 Å². The lowest BCUT2D eigenvalue weighted by Gasteiger charge is -2.29. The molecule has 4 nitrogen and oxygen atoms in total. The molecule has 0 bridgehead atoms. The molecular formula is C11H23ClN2O2. The highest BCUT2D eigenvalue weighted by Gasteiger charge is 2.33. The highest BCUT2D eigenvalue weighted by molar-refractivity contribution is 5.85. The number of methoxy groups -OCH3 is 1. The van der Waals surface area contributed by atoms with Gasteiger partial charge < -0.3 is 15.4 Å². The van der Waals surface area contributed by atoms with E-state index in [-0.39, 0.29) is 29.8 Å². The topological polar surface area (TPSA) is 50.4 Å². The molecular weight excluding hydrogens is 228 g/mol. The molecule has 1 atom stereocenters. The molecule has 1 heterocycles. The van der Waals surface area contributed by atoms with E-state index >= 15 is 0 Å². The summed E-state index contributed by atoms with van der Waals surface area (Å²) in [7, 11) is 1.70. The second-order valence-electron chi connectivity index (χ2n) is 4.62. The van der Waals surface area contributed by atoms with Gasteiger partial charge in [-0.05, 0) is 19.4 Å². The molecule has 0 saturated carbocycles. The number of carbonyl (C=O) groups excluding carboxylic acids is 1. The van der Waals surface area contributed by atoms with Gasteiger partial charge in [0.2, 0.25) is 5.91 Å². The molecule has 5 heteroatoms. The van der Waals surface area contributed by atoms with E-state index in [1.54, 1.807) is 7.11 Å². The lowest BCUT2D eigenvalue weighted by atomic mass is 9.98. The third-order valence-electron chi connectivity index (χ3n) is 2.88. The van der Waals surface area contributed by atoms with Crippen LogP contribution in [-0.2, 0) is 9.53 Å². The van der Waals surface area contributed by atoms with E-state index in [0.29, 0.717) is 13.2 Å². The van der Waals surface area contributed by atoms with Gasteiger partial charge in [0.05, 0.1) is 12.1 Å². The lowest BCUT2D eigenvalue weighted by Crippen LogP contribution is -2.53. The first-order valence-electron chi connectivity index (χ1n) is 5.61. The SMILES string of the molecule is COCC1(CNC(=O)C(C)C)CCCN1.Cl. The van der Waals surface area contributed by atoms with Crippen LogP contribution in [0.5, 0.6) is 0 Å². The van der Waals surface area contributed by atoms with Crippen LogP contribution < -0.4 is 10.6 Å². The minimum atomic E-state index is -0.0424. The molecule has 0 spiro atoms. The number of rotatable bonds is 5. The predicted octanol–water partition coefficient (Wildman–Crippen LogP) is 0.949. The van der Waals surface area contributed by atoms with Crippen LogP contribution in [0, 0.1) is 5.92 Å². The second kappa shape index (κ2) is 7.09. The first kappa shape index (κ1) is 15.7. The fraction of sp³-hybridized carbons (Fsp3) is 0.909. The molecule has 2 N–H and O–H groups in total. The average Bonchev–Trinajstić information content (AvgIpc) is 2.64. The summed E-state index contributed by atoms with van der Waals surface area (Å²) in [6, 6.07) is 0. The maximum Gasteiger partial charge on any atom is 0.222 e. The summed E-state index contributed by atoms with van der Waals surface area (Å²) in [5.74, 6) is 0.158. The number of carbonyl (C=O) groups is 1. The molecule has 1 amide bonds. The quantitative estimate of drug-likeness (QED) is 0.764. The van der Waals surface area contributed by atoms with Crippen LogP contribution in [0.3, 0.4) is 0 Å².